The maximum absolute atomic E-state index is 14.4. The van der Waals surface area contributed by atoms with Crippen LogP contribution in [0.5, 0.6) is 0 Å². The molecule has 0 aliphatic carbocycles. The molecule has 32 heavy (non-hydrogen) atoms. The maximum atomic E-state index is 14.4. The first-order valence-electron chi connectivity index (χ1n) is 8.68. The Morgan fingerprint density at radius 3 is 2.03 bits per heavy atom. The van der Waals surface area contributed by atoms with Crippen LogP contribution in [0.1, 0.15) is 27.2 Å². The second-order valence-corrected chi connectivity index (χ2v) is 7.24. The minimum absolute atomic E-state index is 0.0162. The van der Waals surface area contributed by atoms with Gasteiger partial charge in [0.1, 0.15) is 5.69 Å². The molecule has 170 valence electrons. The highest BCUT2D eigenvalue weighted by molar-refractivity contribution is 6.32. The summed E-state index contributed by atoms with van der Waals surface area (Å²) in [6.07, 6.45) is -8.21. The largest absolute Gasteiger partial charge is 0.435 e. The molecule has 3 aromatic rings. The summed E-state index contributed by atoms with van der Waals surface area (Å²) in [6.45, 7) is 2.45. The summed E-state index contributed by atoms with van der Waals surface area (Å²) in [6, 6.07) is 0.960. The topological polar surface area (TPSA) is 60.7 Å². The van der Waals surface area contributed by atoms with Gasteiger partial charge in [-0.1, -0.05) is 23.7 Å². The number of benzene rings is 1. The molecular formula is C19H12ClF7N4O. The Labute approximate surface area is 180 Å². The SMILES string of the molecule is Cc1cc(C(F)(C(F)(F)F)C(F)(F)F)cc(C)c1-n1cc(-c2ncc(Cl)c(C=O)n2)cn1. The Bertz CT molecular complexity index is 1150. The molecule has 0 bridgehead atoms. The van der Waals surface area contributed by atoms with Gasteiger partial charge in [0.05, 0.1) is 28.7 Å². The van der Waals surface area contributed by atoms with Gasteiger partial charge in [-0.3, -0.25) is 4.79 Å². The molecule has 0 N–H and O–H groups in total. The van der Waals surface area contributed by atoms with E-state index in [-0.39, 0.29) is 38.9 Å². The monoisotopic (exact) mass is 480 g/mol. The number of aromatic nitrogens is 4. The van der Waals surface area contributed by atoms with Crippen molar-refractivity contribution >= 4 is 17.9 Å². The van der Waals surface area contributed by atoms with Gasteiger partial charge >= 0.3 is 18.0 Å². The van der Waals surface area contributed by atoms with Crippen LogP contribution in [0.15, 0.2) is 30.7 Å². The molecule has 3 rings (SSSR count). The molecule has 2 aromatic heterocycles. The molecule has 1 aromatic carbocycles. The number of carbonyl (C=O) groups is 1. The van der Waals surface area contributed by atoms with Crippen LogP contribution in [0.25, 0.3) is 17.1 Å². The van der Waals surface area contributed by atoms with Gasteiger partial charge in [-0.05, 0) is 25.0 Å². The highest BCUT2D eigenvalue weighted by Crippen LogP contribution is 2.53. The van der Waals surface area contributed by atoms with Gasteiger partial charge in [-0.25, -0.2) is 19.0 Å². The fourth-order valence-corrected chi connectivity index (χ4v) is 3.30. The van der Waals surface area contributed by atoms with Crippen LogP contribution in [0.2, 0.25) is 5.02 Å². The summed E-state index contributed by atoms with van der Waals surface area (Å²) in [5.41, 5.74) is -6.95. The molecule has 0 saturated carbocycles. The van der Waals surface area contributed by atoms with Crippen LogP contribution in [-0.4, -0.2) is 38.4 Å². The van der Waals surface area contributed by atoms with Crippen molar-refractivity contribution in [3.05, 3.63) is 58.1 Å². The third kappa shape index (κ3) is 3.83. The molecule has 13 heteroatoms. The van der Waals surface area contributed by atoms with Gasteiger partial charge in [-0.15, -0.1) is 0 Å². The summed E-state index contributed by atoms with van der Waals surface area (Å²) in [4.78, 5) is 18.9. The van der Waals surface area contributed by atoms with E-state index in [1.165, 1.54) is 37.1 Å². The van der Waals surface area contributed by atoms with Crippen molar-refractivity contribution in [2.45, 2.75) is 31.9 Å². The molecule has 0 radical (unpaired) electrons. The molecule has 0 atom stereocenters. The van der Waals surface area contributed by atoms with Crippen molar-refractivity contribution in [1.29, 1.82) is 0 Å². The Balaban J connectivity index is 2.10. The van der Waals surface area contributed by atoms with E-state index < -0.39 is 23.6 Å². The molecule has 2 heterocycles. The summed E-state index contributed by atoms with van der Waals surface area (Å²) in [5, 5.41) is 4.05. The van der Waals surface area contributed by atoms with Gasteiger partial charge in [0.2, 0.25) is 0 Å². The van der Waals surface area contributed by atoms with Crippen molar-refractivity contribution in [2.75, 3.05) is 0 Å². The highest BCUT2D eigenvalue weighted by atomic mass is 35.5. The zero-order chi connectivity index (χ0) is 24.1. The van der Waals surface area contributed by atoms with E-state index in [4.69, 9.17) is 11.6 Å². The van der Waals surface area contributed by atoms with Gasteiger partial charge in [-0.2, -0.15) is 31.4 Å². The molecule has 0 spiro atoms. The van der Waals surface area contributed by atoms with E-state index in [0.717, 1.165) is 0 Å². The van der Waals surface area contributed by atoms with E-state index in [0.29, 0.717) is 18.4 Å². The first-order valence-corrected chi connectivity index (χ1v) is 9.05. The predicted molar refractivity (Wildman–Crippen MR) is 99.4 cm³/mol. The molecule has 0 unspecified atom stereocenters. The number of hydrogen-bond acceptors (Lipinski definition) is 4. The Morgan fingerprint density at radius 1 is 0.969 bits per heavy atom. The zero-order valence-corrected chi connectivity index (χ0v) is 16.9. The Hall–Kier alpha value is -3.02. The number of halogens is 8. The third-order valence-corrected chi connectivity index (χ3v) is 4.91. The zero-order valence-electron chi connectivity index (χ0n) is 16.2. The average Bonchev–Trinajstić information content (AvgIpc) is 3.14. The average molecular weight is 481 g/mol. The molecule has 0 saturated heterocycles. The molecule has 0 aliphatic heterocycles. The van der Waals surface area contributed by atoms with Crippen LogP contribution < -0.4 is 0 Å². The first kappa shape index (κ1) is 23.6. The second-order valence-electron chi connectivity index (χ2n) is 6.83. The number of aryl methyl sites for hydroxylation is 2. The van der Waals surface area contributed by atoms with Crippen LogP contribution in [-0.2, 0) is 5.67 Å². The van der Waals surface area contributed by atoms with E-state index in [2.05, 4.69) is 15.1 Å². The lowest BCUT2D eigenvalue weighted by Crippen LogP contribution is -2.50. The number of carbonyl (C=O) groups excluding carboxylic acids is 1. The standard InChI is InChI=1S/C19H12ClF7N4O/c1-9-3-12(17(21,18(22,23)24)19(25,26)27)4-10(2)15(9)31-7-11(5-29-31)16-28-6-13(20)14(8-32)30-16/h3-8H,1-2H3. The smallest absolute Gasteiger partial charge is 0.296 e. The molecule has 0 aliphatic rings. The van der Waals surface area contributed by atoms with Crippen molar-refractivity contribution in [3.63, 3.8) is 0 Å². The van der Waals surface area contributed by atoms with Crippen LogP contribution in [0.3, 0.4) is 0 Å². The van der Waals surface area contributed by atoms with Crippen LogP contribution in [0, 0.1) is 13.8 Å². The lowest BCUT2D eigenvalue weighted by atomic mass is 9.90. The predicted octanol–water partition coefficient (Wildman–Crippen LogP) is 5.70. The normalized spacial score (nSPS) is 12.8. The van der Waals surface area contributed by atoms with Gasteiger partial charge in [0.15, 0.2) is 12.1 Å². The van der Waals surface area contributed by atoms with E-state index >= 15 is 0 Å². The Morgan fingerprint density at radius 2 is 1.53 bits per heavy atom. The summed E-state index contributed by atoms with van der Waals surface area (Å²) in [7, 11) is 0. The number of aldehydes is 1. The van der Waals surface area contributed by atoms with Crippen molar-refractivity contribution < 1.29 is 35.5 Å². The van der Waals surface area contributed by atoms with Crippen LogP contribution in [0.4, 0.5) is 30.7 Å². The summed E-state index contributed by atoms with van der Waals surface area (Å²) < 4.78 is 94.2. The third-order valence-electron chi connectivity index (χ3n) is 4.62. The summed E-state index contributed by atoms with van der Waals surface area (Å²) in [5.74, 6) is 0.0617. The van der Waals surface area contributed by atoms with Crippen LogP contribution >= 0.6 is 11.6 Å². The second kappa shape index (κ2) is 7.84. The van der Waals surface area contributed by atoms with Crippen molar-refractivity contribution in [3.8, 4) is 17.1 Å². The minimum atomic E-state index is -6.22. The van der Waals surface area contributed by atoms with Crippen molar-refractivity contribution in [1.82, 2.24) is 19.7 Å². The van der Waals surface area contributed by atoms with E-state index in [1.807, 2.05) is 0 Å². The molecular weight excluding hydrogens is 469 g/mol. The number of hydrogen-bond donors (Lipinski definition) is 0. The lowest BCUT2D eigenvalue weighted by Gasteiger charge is -2.31. The van der Waals surface area contributed by atoms with E-state index in [1.54, 1.807) is 0 Å². The van der Waals surface area contributed by atoms with Gasteiger partial charge in [0, 0.05) is 11.8 Å². The molecule has 0 fully saturated rings. The first-order chi connectivity index (χ1) is 14.7. The Kier molecular flexibility index (Phi) is 5.79. The van der Waals surface area contributed by atoms with Gasteiger partial charge < -0.3 is 0 Å². The summed E-state index contributed by atoms with van der Waals surface area (Å²) >= 11 is 5.77. The van der Waals surface area contributed by atoms with Gasteiger partial charge in [0.25, 0.3) is 0 Å². The number of alkyl halides is 7. The number of nitrogens with zero attached hydrogens (tertiary/aromatic N) is 4. The molecule has 5 nitrogen and oxygen atoms in total. The molecule has 0 amide bonds. The fourth-order valence-electron chi connectivity index (χ4n) is 3.17. The minimum Gasteiger partial charge on any atom is -0.296 e. The van der Waals surface area contributed by atoms with E-state index in [9.17, 15) is 35.5 Å². The quantitative estimate of drug-likeness (QED) is 0.355. The van der Waals surface area contributed by atoms with Crippen molar-refractivity contribution in [2.24, 2.45) is 0 Å². The fraction of sp³-hybridized carbons (Fsp3) is 0.263. The maximum Gasteiger partial charge on any atom is 0.435 e. The lowest BCUT2D eigenvalue weighted by molar-refractivity contribution is -0.348. The number of rotatable bonds is 4. The highest BCUT2D eigenvalue weighted by Gasteiger charge is 2.73.